The van der Waals surface area contributed by atoms with Gasteiger partial charge in [-0.25, -0.2) is 0 Å². The summed E-state index contributed by atoms with van der Waals surface area (Å²) in [5.74, 6) is 1.39. The van der Waals surface area contributed by atoms with Crippen LogP contribution in [0.1, 0.15) is 31.0 Å². The minimum Gasteiger partial charge on any atom is -0.504 e. The molecule has 0 bridgehead atoms. The van der Waals surface area contributed by atoms with Crippen molar-refractivity contribution in [3.8, 4) is 11.5 Å². The molecule has 2 rings (SSSR count). The fourth-order valence-electron chi connectivity index (χ4n) is 2.58. The number of hydrogen-bond acceptors (Lipinski definition) is 3. The van der Waals surface area contributed by atoms with Crippen molar-refractivity contribution in [1.29, 1.82) is 0 Å². The normalized spacial score (nSPS) is 12.1. The van der Waals surface area contributed by atoms with Crippen LogP contribution in [-0.2, 0) is 6.42 Å². The maximum atomic E-state index is 10.2. The summed E-state index contributed by atoms with van der Waals surface area (Å²) in [5.41, 5.74) is 1.94. The molecule has 0 aliphatic rings. The lowest BCUT2D eigenvalue weighted by Crippen LogP contribution is -2.38. The van der Waals surface area contributed by atoms with Crippen molar-refractivity contribution in [3.63, 3.8) is 0 Å². The van der Waals surface area contributed by atoms with Gasteiger partial charge in [-0.15, -0.1) is 24.0 Å². The first-order valence-corrected chi connectivity index (χ1v) is 9.08. The van der Waals surface area contributed by atoms with Crippen molar-refractivity contribution in [2.24, 2.45) is 4.99 Å². The largest absolute Gasteiger partial charge is 0.504 e. The van der Waals surface area contributed by atoms with Crippen LogP contribution in [0, 0.1) is 0 Å². The highest BCUT2D eigenvalue weighted by molar-refractivity contribution is 14.0. The van der Waals surface area contributed by atoms with E-state index in [1.807, 2.05) is 43.3 Å². The molecule has 7 heteroatoms. The van der Waals surface area contributed by atoms with Crippen molar-refractivity contribution in [2.75, 3.05) is 20.2 Å². The lowest BCUT2D eigenvalue weighted by Gasteiger charge is -2.18. The molecule has 0 spiro atoms. The van der Waals surface area contributed by atoms with Crippen LogP contribution in [0.15, 0.2) is 47.5 Å². The summed E-state index contributed by atoms with van der Waals surface area (Å²) >= 11 is 5.95. The Morgan fingerprint density at radius 2 is 1.93 bits per heavy atom. The average molecular weight is 504 g/mol. The Morgan fingerprint density at radius 1 is 1.22 bits per heavy atom. The van der Waals surface area contributed by atoms with E-state index in [-0.39, 0.29) is 35.8 Å². The Balaban J connectivity index is 0.00000364. The second-order valence-corrected chi connectivity index (χ2v) is 6.33. The number of aromatic hydroxyl groups is 1. The lowest BCUT2D eigenvalue weighted by molar-refractivity contribution is 0.370. The van der Waals surface area contributed by atoms with Crippen molar-refractivity contribution in [2.45, 2.75) is 26.3 Å². The van der Waals surface area contributed by atoms with Crippen LogP contribution in [-0.4, -0.2) is 31.3 Å². The third kappa shape index (κ3) is 7.10. The van der Waals surface area contributed by atoms with E-state index >= 15 is 0 Å². The molecule has 2 aromatic rings. The topological polar surface area (TPSA) is 65.9 Å². The molecule has 3 N–H and O–H groups in total. The van der Waals surface area contributed by atoms with E-state index in [0.29, 0.717) is 18.7 Å². The molecule has 5 nitrogen and oxygen atoms in total. The van der Waals surface area contributed by atoms with Crippen LogP contribution in [0.3, 0.4) is 0 Å². The Kier molecular flexibility index (Phi) is 10.3. The van der Waals surface area contributed by atoms with Crippen LogP contribution < -0.4 is 15.4 Å². The van der Waals surface area contributed by atoms with Gasteiger partial charge < -0.3 is 20.5 Å². The predicted octanol–water partition coefficient (Wildman–Crippen LogP) is 4.53. The van der Waals surface area contributed by atoms with Gasteiger partial charge in [0.15, 0.2) is 17.5 Å². The zero-order valence-corrected chi connectivity index (χ0v) is 18.9. The first-order valence-electron chi connectivity index (χ1n) is 8.70. The van der Waals surface area contributed by atoms with Crippen LogP contribution in [0.5, 0.6) is 11.5 Å². The molecule has 27 heavy (non-hydrogen) atoms. The Hall–Kier alpha value is -1.67. The number of nitrogens with one attached hydrogen (secondary N) is 2. The van der Waals surface area contributed by atoms with Gasteiger partial charge in [0.2, 0.25) is 0 Å². The molecule has 0 heterocycles. The number of phenolic OH excluding ortho intramolecular Hbond substituents is 1. The number of para-hydroxylation sites is 1. The summed E-state index contributed by atoms with van der Waals surface area (Å²) in [6, 6.07) is 13.3. The fraction of sp³-hybridized carbons (Fsp3) is 0.350. The highest BCUT2D eigenvalue weighted by Gasteiger charge is 2.09. The molecule has 148 valence electrons. The van der Waals surface area contributed by atoms with Crippen molar-refractivity contribution < 1.29 is 9.84 Å². The molecule has 0 amide bonds. The van der Waals surface area contributed by atoms with Gasteiger partial charge in [0.05, 0.1) is 13.2 Å². The van der Waals surface area contributed by atoms with Crippen molar-refractivity contribution >= 4 is 41.5 Å². The zero-order valence-electron chi connectivity index (χ0n) is 15.8. The van der Waals surface area contributed by atoms with E-state index in [1.54, 1.807) is 13.2 Å². The smallest absolute Gasteiger partial charge is 0.191 e. The molecule has 0 aromatic heterocycles. The number of rotatable bonds is 7. The highest BCUT2D eigenvalue weighted by atomic mass is 127. The number of methoxy groups -OCH3 is 1. The molecule has 0 saturated heterocycles. The van der Waals surface area contributed by atoms with Gasteiger partial charge in [0, 0.05) is 18.1 Å². The standard InChI is InChI=1S/C20H26ClN3O2.HI/c1-4-22-20(24-14(2)15-8-10-17(21)11-9-15)23-13-12-16-6-5-7-18(26-3)19(16)25;/h5-11,14,25H,4,12-13H2,1-3H3,(H2,22,23,24);1H. The Bertz CT molecular complexity index is 739. The number of nitrogens with zero attached hydrogens (tertiary/aromatic N) is 1. The Labute approximate surface area is 183 Å². The number of ether oxygens (including phenoxy) is 1. The van der Waals surface area contributed by atoms with E-state index in [0.717, 1.165) is 28.7 Å². The summed E-state index contributed by atoms with van der Waals surface area (Å²) in [4.78, 5) is 4.60. The molecule has 0 fully saturated rings. The molecule has 1 atom stereocenters. The Morgan fingerprint density at radius 3 is 2.56 bits per heavy atom. The van der Waals surface area contributed by atoms with E-state index in [4.69, 9.17) is 16.3 Å². The molecular weight excluding hydrogens is 477 g/mol. The zero-order chi connectivity index (χ0) is 18.9. The molecule has 2 aromatic carbocycles. The van der Waals surface area contributed by atoms with Gasteiger partial charge >= 0.3 is 0 Å². The third-order valence-electron chi connectivity index (χ3n) is 4.02. The van der Waals surface area contributed by atoms with Crippen LogP contribution in [0.2, 0.25) is 5.02 Å². The maximum absolute atomic E-state index is 10.2. The highest BCUT2D eigenvalue weighted by Crippen LogP contribution is 2.29. The van der Waals surface area contributed by atoms with Gasteiger partial charge in [-0.2, -0.15) is 0 Å². The third-order valence-corrected chi connectivity index (χ3v) is 4.27. The molecule has 0 aliphatic carbocycles. The number of guanidine groups is 1. The van der Waals surface area contributed by atoms with Crippen LogP contribution >= 0.6 is 35.6 Å². The van der Waals surface area contributed by atoms with Gasteiger partial charge in [-0.3, -0.25) is 4.99 Å². The molecular formula is C20H27ClIN3O2. The second kappa shape index (κ2) is 11.9. The quantitative estimate of drug-likeness (QED) is 0.295. The fourth-order valence-corrected chi connectivity index (χ4v) is 2.71. The van der Waals surface area contributed by atoms with Crippen LogP contribution in [0.25, 0.3) is 0 Å². The number of phenols is 1. The van der Waals surface area contributed by atoms with E-state index in [2.05, 4.69) is 22.5 Å². The maximum Gasteiger partial charge on any atom is 0.191 e. The summed E-state index contributed by atoms with van der Waals surface area (Å²) in [6.07, 6.45) is 0.620. The van der Waals surface area contributed by atoms with Crippen molar-refractivity contribution in [3.05, 3.63) is 58.6 Å². The summed E-state index contributed by atoms with van der Waals surface area (Å²) < 4.78 is 5.14. The second-order valence-electron chi connectivity index (χ2n) is 5.90. The molecule has 0 saturated carbocycles. The molecule has 1 unspecified atom stereocenters. The average Bonchev–Trinajstić information content (AvgIpc) is 2.63. The van der Waals surface area contributed by atoms with Gasteiger partial charge in [0.1, 0.15) is 0 Å². The lowest BCUT2D eigenvalue weighted by atomic mass is 10.1. The first kappa shape index (κ1) is 23.4. The van der Waals surface area contributed by atoms with Gasteiger partial charge in [-0.1, -0.05) is 35.9 Å². The summed E-state index contributed by atoms with van der Waals surface area (Å²) in [7, 11) is 1.54. The summed E-state index contributed by atoms with van der Waals surface area (Å²) in [5, 5.41) is 17.5. The molecule has 0 aliphatic heterocycles. The minimum atomic E-state index is 0. The van der Waals surface area contributed by atoms with E-state index in [9.17, 15) is 5.11 Å². The number of halogens is 2. The predicted molar refractivity (Wildman–Crippen MR) is 123 cm³/mol. The summed E-state index contributed by atoms with van der Waals surface area (Å²) in [6.45, 7) is 5.41. The number of aliphatic imine (C=N–C) groups is 1. The van der Waals surface area contributed by atoms with Crippen LogP contribution in [0.4, 0.5) is 0 Å². The van der Waals surface area contributed by atoms with Crippen molar-refractivity contribution in [1.82, 2.24) is 10.6 Å². The SMILES string of the molecule is CCNC(=NCCc1cccc(OC)c1O)NC(C)c1ccc(Cl)cc1.I. The van der Waals surface area contributed by atoms with Gasteiger partial charge in [0.25, 0.3) is 0 Å². The first-order chi connectivity index (χ1) is 12.5. The number of hydrogen-bond donors (Lipinski definition) is 3. The minimum absolute atomic E-state index is 0. The molecule has 0 radical (unpaired) electrons. The van der Waals surface area contributed by atoms with E-state index < -0.39 is 0 Å². The van der Waals surface area contributed by atoms with E-state index in [1.165, 1.54) is 0 Å². The van der Waals surface area contributed by atoms with Gasteiger partial charge in [-0.05, 0) is 49.6 Å². The monoisotopic (exact) mass is 503 g/mol. The number of benzene rings is 2.